The van der Waals surface area contributed by atoms with Crippen molar-refractivity contribution < 1.29 is 0 Å². The van der Waals surface area contributed by atoms with Crippen molar-refractivity contribution in [2.24, 2.45) is 0 Å². The third-order valence-electron chi connectivity index (χ3n) is 3.80. The summed E-state index contributed by atoms with van der Waals surface area (Å²) in [7, 11) is 0. The first-order valence-electron chi connectivity index (χ1n) is 7.13. The van der Waals surface area contributed by atoms with Gasteiger partial charge < -0.3 is 4.57 Å². The van der Waals surface area contributed by atoms with Gasteiger partial charge in [0.1, 0.15) is 0 Å². The van der Waals surface area contributed by atoms with Crippen LogP contribution in [0.4, 0.5) is 0 Å². The second kappa shape index (κ2) is 4.95. The average Bonchev–Trinajstić information content (AvgIpc) is 2.99. The molecule has 0 fully saturated rings. The number of nitrogens with zero attached hydrogens (tertiary/aromatic N) is 1. The summed E-state index contributed by atoms with van der Waals surface area (Å²) >= 11 is 0. The lowest BCUT2D eigenvalue weighted by Crippen LogP contribution is -1.87. The van der Waals surface area contributed by atoms with Gasteiger partial charge in [0.05, 0.1) is 0 Å². The molecule has 100 valence electrons. The monoisotopic (exact) mass is 269 g/mol. The number of para-hydroxylation sites is 1. The lowest BCUT2D eigenvalue weighted by Gasteiger charge is -2.01. The normalized spacial score (nSPS) is 10.9. The molecule has 0 bridgehead atoms. The smallest absolute Gasteiger partial charge is 0.0449 e. The van der Waals surface area contributed by atoms with Gasteiger partial charge in [-0.2, -0.15) is 0 Å². The van der Waals surface area contributed by atoms with E-state index in [4.69, 9.17) is 0 Å². The summed E-state index contributed by atoms with van der Waals surface area (Å²) in [5.41, 5.74) is 3.70. The molecule has 0 spiro atoms. The Kier molecular flexibility index (Phi) is 2.82. The molecule has 0 aliphatic heterocycles. The Balaban J connectivity index is 1.82. The second-order valence-electron chi connectivity index (χ2n) is 5.21. The number of hydrogen-bond donors (Lipinski definition) is 0. The van der Waals surface area contributed by atoms with E-state index in [1.165, 1.54) is 27.6 Å². The van der Waals surface area contributed by atoms with E-state index in [-0.39, 0.29) is 0 Å². The highest BCUT2D eigenvalue weighted by Gasteiger charge is 2.03. The van der Waals surface area contributed by atoms with Crippen LogP contribution in [-0.2, 0) is 0 Å². The van der Waals surface area contributed by atoms with Crippen molar-refractivity contribution in [2.75, 3.05) is 0 Å². The lowest BCUT2D eigenvalue weighted by atomic mass is 10.0. The maximum absolute atomic E-state index is 2.25. The number of benzene rings is 3. The molecule has 3 aromatic carbocycles. The molecule has 0 saturated heterocycles. The third-order valence-corrected chi connectivity index (χ3v) is 3.80. The van der Waals surface area contributed by atoms with Gasteiger partial charge in [-0.05, 0) is 34.7 Å². The fraction of sp³-hybridized carbons (Fsp3) is 0. The molecule has 0 N–H and O–H groups in total. The predicted octanol–water partition coefficient (Wildman–Crippen LogP) is 5.30. The summed E-state index contributed by atoms with van der Waals surface area (Å²) in [4.78, 5) is 0. The van der Waals surface area contributed by atoms with Crippen molar-refractivity contribution in [3.05, 3.63) is 91.3 Å². The molecule has 1 heteroatoms. The molecule has 1 heterocycles. The number of rotatable bonds is 2. The highest BCUT2D eigenvalue weighted by atomic mass is 14.9. The maximum atomic E-state index is 2.25. The Morgan fingerprint density at radius 1 is 0.524 bits per heavy atom. The zero-order valence-electron chi connectivity index (χ0n) is 11.6. The van der Waals surface area contributed by atoms with Crippen molar-refractivity contribution in [1.82, 2.24) is 4.57 Å². The van der Waals surface area contributed by atoms with Crippen LogP contribution in [0.2, 0.25) is 0 Å². The van der Waals surface area contributed by atoms with Crippen LogP contribution in [0.5, 0.6) is 0 Å². The minimum Gasteiger partial charge on any atom is -0.323 e. The third kappa shape index (κ3) is 2.23. The first-order valence-corrected chi connectivity index (χ1v) is 7.13. The minimum absolute atomic E-state index is 1.19. The summed E-state index contributed by atoms with van der Waals surface area (Å²) in [5.74, 6) is 0. The Bertz CT molecular complexity index is 836. The first kappa shape index (κ1) is 12.0. The molecule has 4 aromatic rings. The minimum atomic E-state index is 1.19. The second-order valence-corrected chi connectivity index (χ2v) is 5.21. The topological polar surface area (TPSA) is 4.93 Å². The number of hydrogen-bond acceptors (Lipinski definition) is 0. The van der Waals surface area contributed by atoms with Gasteiger partial charge in [-0.15, -0.1) is 0 Å². The van der Waals surface area contributed by atoms with Crippen molar-refractivity contribution in [3.63, 3.8) is 0 Å². The van der Waals surface area contributed by atoms with E-state index < -0.39 is 0 Å². The fourth-order valence-electron chi connectivity index (χ4n) is 2.70. The van der Waals surface area contributed by atoms with Crippen LogP contribution in [0.25, 0.3) is 27.6 Å². The standard InChI is InChI=1S/C20H15N/c1-3-7-16(8-4-1)17-11-12-18-14-21(15-19(18)13-17)20-9-5-2-6-10-20/h1-15H. The van der Waals surface area contributed by atoms with E-state index in [2.05, 4.69) is 83.7 Å². The Morgan fingerprint density at radius 3 is 1.95 bits per heavy atom. The molecular weight excluding hydrogens is 254 g/mol. The highest BCUT2D eigenvalue weighted by molar-refractivity contribution is 5.87. The van der Waals surface area contributed by atoms with Crippen LogP contribution in [0, 0.1) is 0 Å². The van der Waals surface area contributed by atoms with Crippen LogP contribution in [0.15, 0.2) is 91.3 Å². The molecular formula is C20H15N. The first-order chi connectivity index (χ1) is 10.4. The summed E-state index contributed by atoms with van der Waals surface area (Å²) < 4.78 is 2.18. The number of aromatic nitrogens is 1. The Hall–Kier alpha value is -2.80. The van der Waals surface area contributed by atoms with E-state index in [9.17, 15) is 0 Å². The summed E-state index contributed by atoms with van der Waals surface area (Å²) in [6, 6.07) is 27.6. The van der Waals surface area contributed by atoms with Crippen LogP contribution in [0.3, 0.4) is 0 Å². The van der Waals surface area contributed by atoms with Crippen LogP contribution >= 0.6 is 0 Å². The molecule has 0 saturated carbocycles. The largest absolute Gasteiger partial charge is 0.323 e. The van der Waals surface area contributed by atoms with E-state index in [1.54, 1.807) is 0 Å². The van der Waals surface area contributed by atoms with E-state index >= 15 is 0 Å². The Morgan fingerprint density at radius 2 is 1.19 bits per heavy atom. The Labute approximate surface area is 124 Å². The molecule has 0 unspecified atom stereocenters. The van der Waals surface area contributed by atoms with Gasteiger partial charge in [-0.3, -0.25) is 0 Å². The molecule has 0 radical (unpaired) electrons. The van der Waals surface area contributed by atoms with Crippen LogP contribution < -0.4 is 0 Å². The molecule has 1 aromatic heterocycles. The molecule has 0 atom stereocenters. The summed E-state index contributed by atoms with van der Waals surface area (Å²) in [6.07, 6.45) is 4.37. The van der Waals surface area contributed by atoms with Gasteiger partial charge in [-0.1, -0.05) is 60.7 Å². The molecule has 4 rings (SSSR count). The molecule has 0 aliphatic carbocycles. The molecule has 1 nitrogen and oxygen atoms in total. The lowest BCUT2D eigenvalue weighted by molar-refractivity contribution is 1.09. The molecule has 0 amide bonds. The zero-order valence-corrected chi connectivity index (χ0v) is 11.6. The van der Waals surface area contributed by atoms with Crippen LogP contribution in [0.1, 0.15) is 0 Å². The van der Waals surface area contributed by atoms with Crippen molar-refractivity contribution in [3.8, 4) is 16.8 Å². The van der Waals surface area contributed by atoms with Gasteiger partial charge in [0.25, 0.3) is 0 Å². The highest BCUT2D eigenvalue weighted by Crippen LogP contribution is 2.26. The predicted molar refractivity (Wildman–Crippen MR) is 88.7 cm³/mol. The van der Waals surface area contributed by atoms with Gasteiger partial charge >= 0.3 is 0 Å². The van der Waals surface area contributed by atoms with Gasteiger partial charge in [-0.25, -0.2) is 0 Å². The van der Waals surface area contributed by atoms with Gasteiger partial charge in [0, 0.05) is 23.5 Å². The summed E-state index contributed by atoms with van der Waals surface area (Å²) in [5, 5.41) is 2.53. The van der Waals surface area contributed by atoms with E-state index in [1.807, 2.05) is 12.1 Å². The van der Waals surface area contributed by atoms with Crippen molar-refractivity contribution in [2.45, 2.75) is 0 Å². The van der Waals surface area contributed by atoms with E-state index in [0.29, 0.717) is 0 Å². The number of fused-ring (bicyclic) bond motifs is 1. The van der Waals surface area contributed by atoms with Gasteiger partial charge in [0.15, 0.2) is 0 Å². The van der Waals surface area contributed by atoms with Gasteiger partial charge in [0.2, 0.25) is 0 Å². The van der Waals surface area contributed by atoms with Crippen LogP contribution in [-0.4, -0.2) is 4.57 Å². The quantitative estimate of drug-likeness (QED) is 0.465. The van der Waals surface area contributed by atoms with E-state index in [0.717, 1.165) is 0 Å². The SMILES string of the molecule is c1ccc(-c2ccc3cn(-c4ccccc4)cc3c2)cc1. The molecule has 21 heavy (non-hydrogen) atoms. The maximum Gasteiger partial charge on any atom is 0.0449 e. The zero-order chi connectivity index (χ0) is 14.1. The summed E-state index contributed by atoms with van der Waals surface area (Å²) in [6.45, 7) is 0. The fourth-order valence-corrected chi connectivity index (χ4v) is 2.70. The average molecular weight is 269 g/mol. The van der Waals surface area contributed by atoms with Crippen molar-refractivity contribution in [1.29, 1.82) is 0 Å². The van der Waals surface area contributed by atoms with Crippen molar-refractivity contribution >= 4 is 10.8 Å². The molecule has 0 aliphatic rings.